The Morgan fingerprint density at radius 1 is 1.31 bits per heavy atom. The Morgan fingerprint density at radius 3 is 3.25 bits per heavy atom. The predicted octanol–water partition coefficient (Wildman–Crippen LogP) is 2.19. The van der Waals surface area contributed by atoms with Crippen molar-refractivity contribution in [3.63, 3.8) is 0 Å². The molecule has 0 saturated carbocycles. The zero-order chi connectivity index (χ0) is 10.5. The molecule has 4 heteroatoms. The summed E-state index contributed by atoms with van der Waals surface area (Å²) in [6.45, 7) is 2.07. The average Bonchev–Trinajstić information content (AvgIpc) is 2.83. The fraction of sp³-hybridized carbons (Fsp3) is 0.250. The van der Waals surface area contributed by atoms with Crippen LogP contribution in [0.25, 0.3) is 16.0 Å². The Bertz CT molecular complexity index is 680. The number of hydrogen-bond donors (Lipinski definition) is 1. The van der Waals surface area contributed by atoms with E-state index in [4.69, 9.17) is 0 Å². The van der Waals surface area contributed by atoms with Gasteiger partial charge in [0.1, 0.15) is 0 Å². The van der Waals surface area contributed by atoms with Gasteiger partial charge in [-0.05, 0) is 12.1 Å². The van der Waals surface area contributed by atoms with Crippen LogP contribution in [-0.4, -0.2) is 15.9 Å². The number of thiazole rings is 1. The minimum absolute atomic E-state index is 0.998. The molecular formula is C12H11N3S. The predicted molar refractivity (Wildman–Crippen MR) is 66.0 cm³/mol. The lowest BCUT2D eigenvalue weighted by Crippen LogP contribution is -2.23. The highest BCUT2D eigenvalue weighted by molar-refractivity contribution is 7.17. The van der Waals surface area contributed by atoms with Crippen molar-refractivity contribution in [3.05, 3.63) is 34.8 Å². The number of para-hydroxylation sites is 2. The maximum Gasteiger partial charge on any atom is 0.195 e. The van der Waals surface area contributed by atoms with Gasteiger partial charge in [0.15, 0.2) is 4.96 Å². The molecule has 1 aliphatic heterocycles. The van der Waals surface area contributed by atoms with E-state index in [1.165, 1.54) is 16.1 Å². The topological polar surface area (TPSA) is 29.3 Å². The summed E-state index contributed by atoms with van der Waals surface area (Å²) in [6, 6.07) is 8.38. The van der Waals surface area contributed by atoms with Gasteiger partial charge in [-0.2, -0.15) is 0 Å². The van der Waals surface area contributed by atoms with Gasteiger partial charge in [0.05, 0.1) is 11.0 Å². The van der Waals surface area contributed by atoms with Crippen LogP contribution in [0.5, 0.6) is 0 Å². The molecule has 0 saturated heterocycles. The van der Waals surface area contributed by atoms with Crippen LogP contribution in [0.2, 0.25) is 0 Å². The van der Waals surface area contributed by atoms with Crippen molar-refractivity contribution in [1.82, 2.24) is 14.7 Å². The molecule has 3 heterocycles. The van der Waals surface area contributed by atoms with Gasteiger partial charge >= 0.3 is 0 Å². The monoisotopic (exact) mass is 229 g/mol. The third kappa shape index (κ3) is 1.03. The second kappa shape index (κ2) is 3.06. The van der Waals surface area contributed by atoms with Gasteiger partial charge in [-0.25, -0.2) is 4.98 Å². The molecule has 1 aromatic carbocycles. The van der Waals surface area contributed by atoms with Gasteiger partial charge in [-0.15, -0.1) is 0 Å². The molecule has 3 aromatic rings. The van der Waals surface area contributed by atoms with E-state index in [9.17, 15) is 0 Å². The van der Waals surface area contributed by atoms with Crippen molar-refractivity contribution in [2.75, 3.05) is 6.54 Å². The molecular weight excluding hydrogens is 218 g/mol. The first-order chi connectivity index (χ1) is 7.93. The quantitative estimate of drug-likeness (QED) is 0.640. The fourth-order valence-corrected chi connectivity index (χ4v) is 3.57. The molecule has 1 aliphatic rings. The molecule has 16 heavy (non-hydrogen) atoms. The first-order valence-electron chi connectivity index (χ1n) is 5.52. The van der Waals surface area contributed by atoms with Gasteiger partial charge in [0, 0.05) is 30.1 Å². The number of aromatic nitrogens is 2. The number of hydrogen-bond acceptors (Lipinski definition) is 3. The number of nitrogens with one attached hydrogen (secondary N) is 1. The molecule has 0 unspecified atom stereocenters. The maximum absolute atomic E-state index is 4.67. The number of benzene rings is 1. The summed E-state index contributed by atoms with van der Waals surface area (Å²) < 4.78 is 2.33. The zero-order valence-electron chi connectivity index (χ0n) is 8.73. The third-order valence-electron chi connectivity index (χ3n) is 3.16. The normalized spacial score (nSPS) is 15.8. The third-order valence-corrected chi connectivity index (χ3v) is 4.24. The highest BCUT2D eigenvalue weighted by Crippen LogP contribution is 2.29. The average molecular weight is 229 g/mol. The molecule has 0 radical (unpaired) electrons. The Balaban J connectivity index is 2.18. The Labute approximate surface area is 96.7 Å². The van der Waals surface area contributed by atoms with Gasteiger partial charge in [0.2, 0.25) is 0 Å². The summed E-state index contributed by atoms with van der Waals surface area (Å²) in [4.78, 5) is 7.25. The van der Waals surface area contributed by atoms with Crippen molar-refractivity contribution in [3.8, 4) is 0 Å². The summed E-state index contributed by atoms with van der Waals surface area (Å²) >= 11 is 1.81. The zero-order valence-corrected chi connectivity index (χ0v) is 9.55. The second-order valence-corrected chi connectivity index (χ2v) is 5.18. The number of rotatable bonds is 0. The summed E-state index contributed by atoms with van der Waals surface area (Å²) in [5, 5.41) is 3.41. The summed E-state index contributed by atoms with van der Waals surface area (Å²) in [7, 11) is 0. The van der Waals surface area contributed by atoms with Crippen LogP contribution in [0.15, 0.2) is 24.3 Å². The first-order valence-corrected chi connectivity index (χ1v) is 6.33. The van der Waals surface area contributed by atoms with Crippen molar-refractivity contribution in [1.29, 1.82) is 0 Å². The lowest BCUT2D eigenvalue weighted by molar-refractivity contribution is 0.640. The number of nitrogens with zero attached hydrogens (tertiary/aromatic N) is 2. The lowest BCUT2D eigenvalue weighted by Gasteiger charge is -2.12. The maximum atomic E-state index is 4.67. The molecule has 0 fully saturated rings. The molecule has 2 aromatic heterocycles. The minimum Gasteiger partial charge on any atom is -0.311 e. The van der Waals surface area contributed by atoms with E-state index in [2.05, 4.69) is 32.9 Å². The molecule has 3 nitrogen and oxygen atoms in total. The van der Waals surface area contributed by atoms with E-state index in [0.717, 1.165) is 30.0 Å². The Kier molecular flexibility index (Phi) is 1.67. The van der Waals surface area contributed by atoms with E-state index in [0.29, 0.717) is 0 Å². The van der Waals surface area contributed by atoms with Crippen LogP contribution in [0.4, 0.5) is 0 Å². The van der Waals surface area contributed by atoms with E-state index in [1.54, 1.807) is 0 Å². The van der Waals surface area contributed by atoms with Crippen LogP contribution < -0.4 is 5.32 Å². The fourth-order valence-electron chi connectivity index (χ4n) is 2.43. The Morgan fingerprint density at radius 2 is 2.25 bits per heavy atom. The minimum atomic E-state index is 0.998. The van der Waals surface area contributed by atoms with Crippen molar-refractivity contribution >= 4 is 27.3 Å². The summed E-state index contributed by atoms with van der Waals surface area (Å²) in [6.07, 6.45) is 1.11. The van der Waals surface area contributed by atoms with Gasteiger partial charge in [0.25, 0.3) is 0 Å². The van der Waals surface area contributed by atoms with E-state index in [-0.39, 0.29) is 0 Å². The van der Waals surface area contributed by atoms with E-state index >= 15 is 0 Å². The number of fused-ring (bicyclic) bond motifs is 5. The standard InChI is InChI=1S/C12H11N3S/c1-2-4-9-8(3-1)14-12-15(9)10-5-6-13-7-11(10)16-12/h1-4,13H,5-7H2. The van der Waals surface area contributed by atoms with Crippen LogP contribution >= 0.6 is 11.3 Å². The smallest absolute Gasteiger partial charge is 0.195 e. The van der Waals surface area contributed by atoms with Crippen molar-refractivity contribution < 1.29 is 0 Å². The van der Waals surface area contributed by atoms with Gasteiger partial charge in [-0.1, -0.05) is 23.5 Å². The molecule has 0 amide bonds. The molecule has 4 rings (SSSR count). The molecule has 0 aliphatic carbocycles. The van der Waals surface area contributed by atoms with Crippen LogP contribution in [0, 0.1) is 0 Å². The van der Waals surface area contributed by atoms with Gasteiger partial charge < -0.3 is 5.32 Å². The SMILES string of the molecule is c1ccc2c(c1)nc1sc3c(n12)CCNC3. The number of imidazole rings is 1. The lowest BCUT2D eigenvalue weighted by atomic mass is 10.2. The van der Waals surface area contributed by atoms with Crippen LogP contribution in [-0.2, 0) is 13.0 Å². The Hall–Kier alpha value is -1.39. The molecule has 0 spiro atoms. The summed E-state index contributed by atoms with van der Waals surface area (Å²) in [5.41, 5.74) is 3.81. The van der Waals surface area contributed by atoms with E-state index < -0.39 is 0 Å². The molecule has 0 atom stereocenters. The first kappa shape index (κ1) is 8.73. The van der Waals surface area contributed by atoms with Gasteiger partial charge in [-0.3, -0.25) is 4.40 Å². The van der Waals surface area contributed by atoms with Crippen LogP contribution in [0.1, 0.15) is 10.6 Å². The highest BCUT2D eigenvalue weighted by atomic mass is 32.1. The van der Waals surface area contributed by atoms with Crippen molar-refractivity contribution in [2.24, 2.45) is 0 Å². The van der Waals surface area contributed by atoms with E-state index in [1.807, 2.05) is 17.4 Å². The van der Waals surface area contributed by atoms with Crippen LogP contribution in [0.3, 0.4) is 0 Å². The second-order valence-electron chi connectivity index (χ2n) is 4.12. The highest BCUT2D eigenvalue weighted by Gasteiger charge is 2.18. The largest absolute Gasteiger partial charge is 0.311 e. The molecule has 1 N–H and O–H groups in total. The van der Waals surface area contributed by atoms with Crippen molar-refractivity contribution in [2.45, 2.75) is 13.0 Å². The molecule has 80 valence electrons. The summed E-state index contributed by atoms with van der Waals surface area (Å²) in [5.74, 6) is 0. The molecule has 0 bridgehead atoms.